The summed E-state index contributed by atoms with van der Waals surface area (Å²) >= 11 is -0.842. The van der Waals surface area contributed by atoms with Gasteiger partial charge in [-0.1, -0.05) is 23.8 Å². The Morgan fingerprint density at radius 1 is 1.18 bits per heavy atom. The van der Waals surface area contributed by atoms with Crippen LogP contribution < -0.4 is 0 Å². The molecule has 0 bridgehead atoms. The summed E-state index contributed by atoms with van der Waals surface area (Å²) in [6.45, 7) is 0. The van der Waals surface area contributed by atoms with Gasteiger partial charge < -0.3 is 0 Å². The Morgan fingerprint density at radius 3 is 2.18 bits per heavy atom. The monoisotopic (exact) mass is 288 g/mol. The average Bonchev–Trinajstić information content (AvgIpc) is 2.06. The third-order valence-electron chi connectivity index (χ3n) is 2.10. The molecular weight excluding hydrogens is 275 g/mol. The highest BCUT2D eigenvalue weighted by molar-refractivity contribution is 14.2. The standard InChI is InChI=1S/C7H13IO2S/c1-8-11(9,10)7-5-3-2-4-6-7/h7H,1-6H2. The van der Waals surface area contributed by atoms with Gasteiger partial charge in [-0.05, 0) is 12.8 Å². The van der Waals surface area contributed by atoms with Gasteiger partial charge in [0.25, 0.3) is 0 Å². The van der Waals surface area contributed by atoms with E-state index in [1.54, 1.807) is 0 Å². The van der Waals surface area contributed by atoms with Crippen molar-refractivity contribution < 1.29 is 8.42 Å². The first-order valence-corrected chi connectivity index (χ1v) is 9.42. The lowest BCUT2D eigenvalue weighted by molar-refractivity contribution is 0.491. The fourth-order valence-corrected chi connectivity index (χ4v) is 5.56. The Labute approximate surface area is 76.5 Å². The van der Waals surface area contributed by atoms with Gasteiger partial charge in [0.15, 0.2) is 7.01 Å². The van der Waals surface area contributed by atoms with Crippen LogP contribution >= 0.6 is 19.3 Å². The second kappa shape index (κ2) is 3.98. The number of hydrogen-bond donors (Lipinski definition) is 0. The van der Waals surface area contributed by atoms with Gasteiger partial charge in [-0.3, -0.25) is 0 Å². The van der Waals surface area contributed by atoms with E-state index >= 15 is 0 Å². The van der Waals surface area contributed by atoms with E-state index in [0.29, 0.717) is 0 Å². The normalized spacial score (nSPS) is 21.8. The summed E-state index contributed by atoms with van der Waals surface area (Å²) in [4.78, 5) is 0. The van der Waals surface area contributed by atoms with Crippen molar-refractivity contribution in [2.75, 3.05) is 0 Å². The molecule has 0 atom stereocenters. The minimum absolute atomic E-state index is 0.0263. The molecule has 0 amide bonds. The fraction of sp³-hybridized carbons (Fsp3) is 0.857. The Hall–Kier alpha value is 0.550. The zero-order valence-corrected chi connectivity index (χ0v) is 9.40. The van der Waals surface area contributed by atoms with E-state index in [0.717, 1.165) is 25.7 Å². The maximum Gasteiger partial charge on any atom is 0.199 e. The lowest BCUT2D eigenvalue weighted by Crippen LogP contribution is -2.19. The third kappa shape index (κ3) is 2.50. The van der Waals surface area contributed by atoms with Crippen LogP contribution in [0.2, 0.25) is 0 Å². The van der Waals surface area contributed by atoms with Crippen LogP contribution in [0.25, 0.3) is 0 Å². The summed E-state index contributed by atoms with van der Waals surface area (Å²) in [6.07, 6.45) is 5.16. The molecule has 11 heavy (non-hydrogen) atoms. The Kier molecular flexibility index (Phi) is 3.49. The van der Waals surface area contributed by atoms with Gasteiger partial charge in [0.2, 0.25) is 0 Å². The topological polar surface area (TPSA) is 34.1 Å². The summed E-state index contributed by atoms with van der Waals surface area (Å²) in [5, 5.41) is -0.0263. The quantitative estimate of drug-likeness (QED) is 0.575. The highest BCUT2D eigenvalue weighted by atomic mass is 127. The average molecular weight is 288 g/mol. The maximum atomic E-state index is 11.3. The third-order valence-corrected chi connectivity index (χ3v) is 8.44. The van der Waals surface area contributed by atoms with Crippen LogP contribution in [0.3, 0.4) is 0 Å². The first-order valence-electron chi connectivity index (χ1n) is 3.81. The van der Waals surface area contributed by atoms with Crippen molar-refractivity contribution in [3.63, 3.8) is 0 Å². The summed E-state index contributed by atoms with van der Waals surface area (Å²) in [6, 6.07) is 0. The molecule has 0 aromatic heterocycles. The molecule has 0 N–H and O–H groups in total. The lowest BCUT2D eigenvalue weighted by Gasteiger charge is -2.18. The van der Waals surface area contributed by atoms with Crippen LogP contribution in [0, 0.1) is 0 Å². The molecule has 0 unspecified atom stereocenters. The lowest BCUT2D eigenvalue weighted by atomic mass is 10.0. The van der Waals surface area contributed by atoms with Gasteiger partial charge in [-0.25, -0.2) is 8.42 Å². The van der Waals surface area contributed by atoms with Crippen molar-refractivity contribution >= 4 is 30.9 Å². The fourth-order valence-electron chi connectivity index (χ4n) is 1.44. The minimum atomic E-state index is -2.72. The van der Waals surface area contributed by atoms with Gasteiger partial charge >= 0.3 is 0 Å². The molecule has 1 aliphatic rings. The van der Waals surface area contributed by atoms with Gasteiger partial charge in [0.1, 0.15) is 0 Å². The molecule has 2 nitrogen and oxygen atoms in total. The smallest absolute Gasteiger partial charge is 0.199 e. The highest BCUT2D eigenvalue weighted by Crippen LogP contribution is 2.28. The highest BCUT2D eigenvalue weighted by Gasteiger charge is 2.24. The van der Waals surface area contributed by atoms with E-state index in [4.69, 9.17) is 0 Å². The molecule has 0 aromatic rings. The number of hydrogen-bond acceptors (Lipinski definition) is 2. The Balaban J connectivity index is 2.66. The van der Waals surface area contributed by atoms with Crippen LogP contribution in [0.5, 0.6) is 0 Å². The Bertz CT molecular complexity index is 227. The molecule has 0 spiro atoms. The van der Waals surface area contributed by atoms with E-state index < -0.39 is 26.4 Å². The number of rotatable bonds is 2. The first-order chi connectivity index (χ1) is 5.17. The van der Waals surface area contributed by atoms with E-state index in [-0.39, 0.29) is 5.25 Å². The first kappa shape index (κ1) is 9.64. The Morgan fingerprint density at radius 2 is 1.73 bits per heavy atom. The van der Waals surface area contributed by atoms with Gasteiger partial charge in [-0.15, -0.1) is 0 Å². The maximum absolute atomic E-state index is 11.3. The molecule has 1 rings (SSSR count). The van der Waals surface area contributed by atoms with Crippen molar-refractivity contribution in [2.45, 2.75) is 37.4 Å². The molecular formula is C7H13IO2S. The van der Waals surface area contributed by atoms with Crippen LogP contribution in [-0.4, -0.2) is 18.2 Å². The van der Waals surface area contributed by atoms with Gasteiger partial charge in [0.05, 0.1) is 5.25 Å². The molecule has 1 fully saturated rings. The molecule has 0 heterocycles. The van der Waals surface area contributed by atoms with Gasteiger partial charge in [0, 0.05) is 19.3 Å². The van der Waals surface area contributed by atoms with Crippen molar-refractivity contribution in [1.29, 1.82) is 0 Å². The summed E-state index contributed by atoms with van der Waals surface area (Å²) in [5.41, 5.74) is 0. The molecule has 66 valence electrons. The van der Waals surface area contributed by atoms with Crippen LogP contribution in [0.1, 0.15) is 32.1 Å². The number of halogens is 1. The molecule has 1 saturated carbocycles. The summed E-state index contributed by atoms with van der Waals surface area (Å²) < 4.78 is 26.2. The molecule has 0 saturated heterocycles. The van der Waals surface area contributed by atoms with Crippen LogP contribution in [0.4, 0.5) is 0 Å². The van der Waals surface area contributed by atoms with E-state index in [2.05, 4.69) is 4.51 Å². The molecule has 4 heteroatoms. The molecule has 0 radical (unpaired) electrons. The summed E-state index contributed by atoms with van der Waals surface area (Å²) in [7, 11) is -2.72. The zero-order valence-electron chi connectivity index (χ0n) is 6.42. The second-order valence-electron chi connectivity index (χ2n) is 2.84. The second-order valence-corrected chi connectivity index (χ2v) is 10.2. The summed E-state index contributed by atoms with van der Waals surface area (Å²) in [5.74, 6) is 0. The van der Waals surface area contributed by atoms with E-state index in [1.165, 1.54) is 6.42 Å². The largest absolute Gasteiger partial charge is 0.218 e. The van der Waals surface area contributed by atoms with Gasteiger partial charge in [-0.2, -0.15) is 0 Å². The SMILES string of the molecule is C=IS(=O)(=O)C1CCCCC1. The van der Waals surface area contributed by atoms with Crippen LogP contribution in [-0.2, 0) is 7.01 Å². The minimum Gasteiger partial charge on any atom is -0.218 e. The zero-order chi connectivity index (χ0) is 8.32. The molecule has 0 aliphatic heterocycles. The predicted octanol–water partition coefficient (Wildman–Crippen LogP) is 2.05. The predicted molar refractivity (Wildman–Crippen MR) is 56.9 cm³/mol. The van der Waals surface area contributed by atoms with Crippen molar-refractivity contribution in [1.82, 2.24) is 0 Å². The van der Waals surface area contributed by atoms with Crippen molar-refractivity contribution in [2.24, 2.45) is 0 Å². The van der Waals surface area contributed by atoms with E-state index in [1.807, 2.05) is 0 Å². The van der Waals surface area contributed by atoms with Crippen molar-refractivity contribution in [3.05, 3.63) is 0 Å². The molecule has 0 aromatic carbocycles. The van der Waals surface area contributed by atoms with Crippen molar-refractivity contribution in [3.8, 4) is 0 Å². The van der Waals surface area contributed by atoms with Crippen LogP contribution in [0.15, 0.2) is 0 Å². The molecule has 1 aliphatic carbocycles. The van der Waals surface area contributed by atoms with E-state index in [9.17, 15) is 8.42 Å².